The number of hydrogen-bond donors (Lipinski definition) is 0. The van der Waals surface area contributed by atoms with Gasteiger partial charge in [0.25, 0.3) is 0 Å². The predicted octanol–water partition coefficient (Wildman–Crippen LogP) is 1.40. The molecule has 0 aliphatic rings. The Morgan fingerprint density at radius 1 is 0.917 bits per heavy atom. The Bertz CT molecular complexity index is 193. The summed E-state index contributed by atoms with van der Waals surface area (Å²) in [5.41, 5.74) is 0. The molecule has 0 unspecified atom stereocenters. The van der Waals surface area contributed by atoms with Crippen LogP contribution >= 0.6 is 0 Å². The summed E-state index contributed by atoms with van der Waals surface area (Å²) in [6.45, 7) is 2.62. The molecule has 0 atom stereocenters. The molecule has 0 fully saturated rings. The van der Waals surface area contributed by atoms with Crippen LogP contribution in [0.5, 0.6) is 0 Å². The molecule has 0 bridgehead atoms. The van der Waals surface area contributed by atoms with Crippen LogP contribution in [-0.4, -0.2) is 30.2 Å². The van der Waals surface area contributed by atoms with Gasteiger partial charge in [0.05, 0.1) is 0 Å². The Morgan fingerprint density at radius 3 is 1.33 bits per heavy atom. The van der Waals surface area contributed by atoms with Crippen LogP contribution in [-0.2, 0) is 15.6 Å². The average Bonchev–Trinajstić information content (AvgIpc) is 1.49. The van der Waals surface area contributed by atoms with Crippen molar-refractivity contribution in [2.75, 3.05) is 0 Å². The van der Waals surface area contributed by atoms with Gasteiger partial charge in [-0.2, -0.15) is 0 Å². The average molecular weight is 285 g/mol. The van der Waals surface area contributed by atoms with E-state index in [0.717, 1.165) is 0 Å². The van der Waals surface area contributed by atoms with Crippen LogP contribution < -0.4 is 0 Å². The Labute approximate surface area is 74.4 Å². The first-order valence-corrected chi connectivity index (χ1v) is 13.3. The fourth-order valence-corrected chi connectivity index (χ4v) is 6.00. The van der Waals surface area contributed by atoms with Crippen LogP contribution in [0.25, 0.3) is 0 Å². The first-order chi connectivity index (χ1) is 5.10. The standard InChI is InChI=1S/2C2H4O2.3CH3.Sb/c2*1-2(3)4;;;;/h2*1H3,(H,3,4);3*1H3;/q;;;;;+2/p-2. The predicted molar refractivity (Wildman–Crippen MR) is 46.9 cm³/mol. The fraction of sp³-hybridized carbons (Fsp3) is 0.714. The number of carbonyl (C=O) groups is 2. The van der Waals surface area contributed by atoms with Gasteiger partial charge in [0, 0.05) is 0 Å². The zero-order valence-electron chi connectivity index (χ0n) is 8.08. The molecule has 4 nitrogen and oxygen atoms in total. The van der Waals surface area contributed by atoms with Gasteiger partial charge < -0.3 is 0 Å². The van der Waals surface area contributed by atoms with Crippen LogP contribution in [0.2, 0.25) is 14.6 Å². The Morgan fingerprint density at radius 2 is 1.17 bits per heavy atom. The molecular weight excluding hydrogens is 270 g/mol. The molecule has 0 aliphatic heterocycles. The molecule has 0 spiro atoms. The van der Waals surface area contributed by atoms with Gasteiger partial charge in [-0.05, 0) is 0 Å². The van der Waals surface area contributed by atoms with Crippen molar-refractivity contribution < 1.29 is 15.6 Å². The summed E-state index contributed by atoms with van der Waals surface area (Å²) in [5, 5.41) is 0. The molecule has 0 radical (unpaired) electrons. The van der Waals surface area contributed by atoms with E-state index >= 15 is 0 Å². The summed E-state index contributed by atoms with van der Waals surface area (Å²) in [6.07, 6.45) is 0. The molecule has 0 N–H and O–H groups in total. The van der Waals surface area contributed by atoms with Crippen molar-refractivity contribution in [3.63, 3.8) is 0 Å². The summed E-state index contributed by atoms with van der Waals surface area (Å²) in [7, 11) is 0. The molecule has 0 amide bonds. The van der Waals surface area contributed by atoms with Gasteiger partial charge in [-0.15, -0.1) is 0 Å². The van der Waals surface area contributed by atoms with Gasteiger partial charge >= 0.3 is 74.3 Å². The van der Waals surface area contributed by atoms with Crippen LogP contribution in [0, 0.1) is 0 Å². The minimum absolute atomic E-state index is 0.398. The maximum atomic E-state index is 10.7. The molecule has 0 heterocycles. The van der Waals surface area contributed by atoms with Crippen molar-refractivity contribution in [1.29, 1.82) is 0 Å². The van der Waals surface area contributed by atoms with E-state index in [4.69, 9.17) is 6.03 Å². The van der Waals surface area contributed by atoms with Gasteiger partial charge in [0.2, 0.25) is 0 Å². The molecule has 72 valence electrons. The molecule has 0 saturated heterocycles. The van der Waals surface area contributed by atoms with Crippen molar-refractivity contribution in [3.05, 3.63) is 0 Å². The molecule has 0 aromatic rings. The van der Waals surface area contributed by atoms with E-state index in [0.29, 0.717) is 0 Å². The molecule has 5 heteroatoms. The second-order valence-corrected chi connectivity index (χ2v) is 19.1. The normalized spacial score (nSPS) is 14.2. The molecule has 0 aromatic carbocycles. The molecule has 0 aliphatic carbocycles. The van der Waals surface area contributed by atoms with E-state index in [-0.39, 0.29) is 0 Å². The Hall–Kier alpha value is -0.242. The van der Waals surface area contributed by atoms with Gasteiger partial charge in [-0.25, -0.2) is 0 Å². The number of rotatable bonds is 2. The topological polar surface area (TPSA) is 52.6 Å². The number of carbonyl (C=O) groups excluding carboxylic acids is 2. The zero-order valence-corrected chi connectivity index (χ0v) is 10.6. The van der Waals surface area contributed by atoms with Crippen molar-refractivity contribution >= 4 is 30.2 Å². The summed E-state index contributed by atoms with van der Waals surface area (Å²) in [4.78, 5) is 26.5. The van der Waals surface area contributed by atoms with Crippen molar-refractivity contribution in [3.8, 4) is 0 Å². The second-order valence-electron chi connectivity index (χ2n) is 3.68. The van der Waals surface area contributed by atoms with Crippen LogP contribution in [0.1, 0.15) is 13.8 Å². The van der Waals surface area contributed by atoms with E-state index < -0.39 is 30.2 Å². The maximum absolute atomic E-state index is 10.7. The summed E-state index contributed by atoms with van der Waals surface area (Å²) in [6, 6.07) is 0. The van der Waals surface area contributed by atoms with Crippen molar-refractivity contribution in [2.24, 2.45) is 0 Å². The molecule has 0 rings (SSSR count). The van der Waals surface area contributed by atoms with Gasteiger partial charge in [0.1, 0.15) is 0 Å². The number of hydrogen-bond acceptors (Lipinski definition) is 4. The van der Waals surface area contributed by atoms with Crippen LogP contribution in [0.3, 0.4) is 0 Å². The van der Waals surface area contributed by atoms with E-state index in [2.05, 4.69) is 0 Å². The van der Waals surface area contributed by atoms with Crippen molar-refractivity contribution in [1.82, 2.24) is 0 Å². The van der Waals surface area contributed by atoms with E-state index in [9.17, 15) is 9.59 Å². The third-order valence-corrected chi connectivity index (χ3v) is 5.90. The SMILES string of the molecule is CC(=O)[O][Sb]([CH3])([CH3])([CH3])[O]C(C)=O. The van der Waals surface area contributed by atoms with Crippen LogP contribution in [0.15, 0.2) is 0 Å². The second kappa shape index (κ2) is 3.25. The van der Waals surface area contributed by atoms with E-state index in [1.54, 1.807) is 14.6 Å². The third-order valence-electron chi connectivity index (χ3n) is 0.879. The van der Waals surface area contributed by atoms with E-state index in [1.165, 1.54) is 13.8 Å². The zero-order chi connectivity index (χ0) is 10.0. The molecule has 12 heavy (non-hydrogen) atoms. The quantitative estimate of drug-likeness (QED) is 0.720. The monoisotopic (exact) mass is 284 g/mol. The first kappa shape index (κ1) is 11.8. The van der Waals surface area contributed by atoms with Gasteiger partial charge in [-0.1, -0.05) is 0 Å². The minimum atomic E-state index is -3.77. The Balaban J connectivity index is 4.49. The third kappa shape index (κ3) is 5.41. The van der Waals surface area contributed by atoms with Crippen molar-refractivity contribution in [2.45, 2.75) is 28.5 Å². The van der Waals surface area contributed by atoms with E-state index in [1.807, 2.05) is 0 Å². The first-order valence-electron chi connectivity index (χ1n) is 3.52. The van der Waals surface area contributed by atoms with Crippen LogP contribution in [0.4, 0.5) is 0 Å². The summed E-state index contributed by atoms with van der Waals surface area (Å²) in [5.74, 6) is -0.795. The summed E-state index contributed by atoms with van der Waals surface area (Å²) >= 11 is -3.77. The molecular formula is C7H15O4Sb. The molecule has 0 saturated carbocycles. The summed E-state index contributed by atoms with van der Waals surface area (Å²) < 4.78 is 10.1. The Kier molecular flexibility index (Phi) is 3.18. The van der Waals surface area contributed by atoms with Gasteiger partial charge in [0.15, 0.2) is 0 Å². The fourth-order valence-electron chi connectivity index (χ4n) is 0.895. The van der Waals surface area contributed by atoms with Gasteiger partial charge in [-0.3, -0.25) is 0 Å². The molecule has 0 aromatic heterocycles.